The predicted octanol–water partition coefficient (Wildman–Crippen LogP) is 5.92. The Bertz CT molecular complexity index is 1030. The lowest BCUT2D eigenvalue weighted by atomic mass is 10.1. The number of unbranched alkanes of at least 4 members (excludes halogenated alkanes) is 6. The molecule has 188 valence electrons. The van der Waals surface area contributed by atoms with E-state index in [9.17, 15) is 14.4 Å². The summed E-state index contributed by atoms with van der Waals surface area (Å²) in [6, 6.07) is 11.1. The van der Waals surface area contributed by atoms with Gasteiger partial charge in [-0.25, -0.2) is 10.2 Å². The van der Waals surface area contributed by atoms with Gasteiger partial charge in [-0.1, -0.05) is 80.8 Å². The van der Waals surface area contributed by atoms with Crippen molar-refractivity contribution < 1.29 is 19.1 Å². The van der Waals surface area contributed by atoms with Gasteiger partial charge in [0.2, 0.25) is 5.91 Å². The number of hydrogen-bond donors (Lipinski definition) is 2. The number of carbonyl (C=O) groups is 3. The van der Waals surface area contributed by atoms with Gasteiger partial charge in [0.15, 0.2) is 0 Å². The van der Waals surface area contributed by atoms with Gasteiger partial charge in [0.05, 0.1) is 23.3 Å². The van der Waals surface area contributed by atoms with Gasteiger partial charge >= 0.3 is 5.97 Å². The van der Waals surface area contributed by atoms with E-state index < -0.39 is 11.9 Å². The fraction of sp³-hybridized carbons (Fsp3) is 0.385. The minimum atomic E-state index is -0.624. The number of halogens is 2. The number of benzene rings is 2. The van der Waals surface area contributed by atoms with Crippen LogP contribution in [0.3, 0.4) is 0 Å². The van der Waals surface area contributed by atoms with Crippen LogP contribution >= 0.6 is 23.2 Å². The number of carbonyl (C=O) groups excluding carboxylic acids is 3. The number of nitrogens with zero attached hydrogens (tertiary/aromatic N) is 1. The summed E-state index contributed by atoms with van der Waals surface area (Å²) < 4.78 is 5.36. The molecule has 0 aliphatic heterocycles. The summed E-state index contributed by atoms with van der Waals surface area (Å²) in [6.45, 7) is 2.04. The highest BCUT2D eigenvalue weighted by Crippen LogP contribution is 2.23. The Morgan fingerprint density at radius 3 is 2.43 bits per heavy atom. The monoisotopic (exact) mass is 519 g/mol. The lowest BCUT2D eigenvalue weighted by Crippen LogP contribution is -2.34. The standard InChI is InChI=1S/C26H31Cl2N3O4/c1-2-3-4-5-6-7-8-12-24(32)29-18-25(33)31-30-17-19-10-9-11-21(15-19)35-26(34)22-14-13-20(27)16-23(22)28/h9-11,13-17H,2-8,12,18H2,1H3,(H,29,32)(H,31,33)/b30-17-. The van der Waals surface area contributed by atoms with E-state index in [0.29, 0.717) is 17.0 Å². The highest BCUT2D eigenvalue weighted by atomic mass is 35.5. The van der Waals surface area contributed by atoms with Crippen molar-refractivity contribution in [2.45, 2.75) is 58.3 Å². The molecule has 0 radical (unpaired) electrons. The van der Waals surface area contributed by atoms with Crippen LogP contribution in [0.5, 0.6) is 5.75 Å². The van der Waals surface area contributed by atoms with E-state index in [0.717, 1.165) is 19.3 Å². The maximum Gasteiger partial charge on any atom is 0.345 e. The van der Waals surface area contributed by atoms with Crippen LogP contribution in [-0.2, 0) is 9.59 Å². The summed E-state index contributed by atoms with van der Waals surface area (Å²) in [5.74, 6) is -0.919. The second kappa shape index (κ2) is 15.9. The SMILES string of the molecule is CCCCCCCCCC(=O)NCC(=O)N/N=C\c1cccc(OC(=O)c2ccc(Cl)cc2Cl)c1. The van der Waals surface area contributed by atoms with E-state index in [-0.39, 0.29) is 28.8 Å². The minimum absolute atomic E-state index is 0.145. The molecule has 0 atom stereocenters. The third-order valence-corrected chi connectivity index (χ3v) is 5.62. The van der Waals surface area contributed by atoms with Gasteiger partial charge in [-0.15, -0.1) is 0 Å². The molecule has 0 aliphatic carbocycles. The molecule has 2 aromatic carbocycles. The molecule has 0 aromatic heterocycles. The summed E-state index contributed by atoms with van der Waals surface area (Å²) in [7, 11) is 0. The molecule has 9 heteroatoms. The van der Waals surface area contributed by atoms with Crippen molar-refractivity contribution >= 4 is 47.2 Å². The third kappa shape index (κ3) is 11.4. The molecule has 2 rings (SSSR count). The van der Waals surface area contributed by atoms with E-state index in [4.69, 9.17) is 27.9 Å². The zero-order chi connectivity index (χ0) is 25.5. The van der Waals surface area contributed by atoms with Crippen molar-refractivity contribution in [3.05, 3.63) is 63.6 Å². The molecule has 0 spiro atoms. The number of nitrogens with one attached hydrogen (secondary N) is 2. The zero-order valence-corrected chi connectivity index (χ0v) is 21.3. The van der Waals surface area contributed by atoms with Crippen LogP contribution in [0.2, 0.25) is 10.0 Å². The van der Waals surface area contributed by atoms with Crippen molar-refractivity contribution in [3.8, 4) is 5.75 Å². The van der Waals surface area contributed by atoms with E-state index in [1.807, 2.05) is 0 Å². The number of esters is 1. The Kier molecular flexibility index (Phi) is 12.9. The number of ether oxygens (including phenoxy) is 1. The fourth-order valence-corrected chi connectivity index (χ4v) is 3.69. The largest absolute Gasteiger partial charge is 0.423 e. The Morgan fingerprint density at radius 1 is 0.943 bits per heavy atom. The van der Waals surface area contributed by atoms with Crippen LogP contribution in [0.25, 0.3) is 0 Å². The first kappa shape index (κ1) is 28.3. The summed E-state index contributed by atoms with van der Waals surface area (Å²) in [4.78, 5) is 36.1. The van der Waals surface area contributed by atoms with Gasteiger partial charge in [0.1, 0.15) is 5.75 Å². The van der Waals surface area contributed by atoms with Gasteiger partial charge in [0.25, 0.3) is 5.91 Å². The smallest absolute Gasteiger partial charge is 0.345 e. The first-order valence-electron chi connectivity index (χ1n) is 11.7. The Labute approximate surface area is 216 Å². The van der Waals surface area contributed by atoms with Gasteiger partial charge in [0, 0.05) is 11.4 Å². The number of amides is 2. The van der Waals surface area contributed by atoms with Crippen molar-refractivity contribution in [1.29, 1.82) is 0 Å². The molecule has 2 N–H and O–H groups in total. The highest BCUT2D eigenvalue weighted by Gasteiger charge is 2.13. The molecule has 7 nitrogen and oxygen atoms in total. The normalized spacial score (nSPS) is 10.8. The Balaban J connectivity index is 1.71. The van der Waals surface area contributed by atoms with Crippen molar-refractivity contribution in [2.24, 2.45) is 5.10 Å². The molecular formula is C26H31Cl2N3O4. The third-order valence-electron chi connectivity index (χ3n) is 5.08. The molecule has 35 heavy (non-hydrogen) atoms. The molecule has 0 aliphatic rings. The van der Waals surface area contributed by atoms with E-state index in [1.165, 1.54) is 44.0 Å². The van der Waals surface area contributed by atoms with Crippen LogP contribution in [0.1, 0.15) is 74.2 Å². The van der Waals surface area contributed by atoms with E-state index in [2.05, 4.69) is 22.8 Å². The number of hydrogen-bond acceptors (Lipinski definition) is 5. The Morgan fingerprint density at radius 2 is 1.69 bits per heavy atom. The molecule has 0 unspecified atom stereocenters. The minimum Gasteiger partial charge on any atom is -0.423 e. The van der Waals surface area contributed by atoms with Crippen molar-refractivity contribution in [3.63, 3.8) is 0 Å². The average molecular weight is 520 g/mol. The lowest BCUT2D eigenvalue weighted by molar-refractivity contribution is -0.126. The fourth-order valence-electron chi connectivity index (χ4n) is 3.20. The van der Waals surface area contributed by atoms with Gasteiger partial charge in [-0.05, 0) is 42.3 Å². The first-order valence-corrected chi connectivity index (χ1v) is 12.5. The second-order valence-electron chi connectivity index (χ2n) is 8.03. The topological polar surface area (TPSA) is 96.9 Å². The maximum absolute atomic E-state index is 12.3. The van der Waals surface area contributed by atoms with E-state index in [1.54, 1.807) is 30.3 Å². The van der Waals surface area contributed by atoms with Crippen LogP contribution in [-0.4, -0.2) is 30.5 Å². The maximum atomic E-state index is 12.3. The molecule has 0 saturated carbocycles. The molecule has 0 heterocycles. The summed E-state index contributed by atoms with van der Waals surface area (Å²) >= 11 is 11.9. The highest BCUT2D eigenvalue weighted by molar-refractivity contribution is 6.36. The van der Waals surface area contributed by atoms with Crippen molar-refractivity contribution in [1.82, 2.24) is 10.7 Å². The molecule has 2 aromatic rings. The summed E-state index contributed by atoms with van der Waals surface area (Å²) in [5.41, 5.74) is 3.15. The molecule has 0 saturated heterocycles. The van der Waals surface area contributed by atoms with Crippen LogP contribution in [0.15, 0.2) is 47.6 Å². The summed E-state index contributed by atoms with van der Waals surface area (Å²) in [6.07, 6.45) is 9.74. The second-order valence-corrected chi connectivity index (χ2v) is 8.87. The number of hydrazone groups is 1. The van der Waals surface area contributed by atoms with Crippen LogP contribution in [0.4, 0.5) is 0 Å². The molecular weight excluding hydrogens is 489 g/mol. The van der Waals surface area contributed by atoms with Crippen LogP contribution in [0, 0.1) is 0 Å². The Hall–Kier alpha value is -2.90. The first-order chi connectivity index (χ1) is 16.9. The predicted molar refractivity (Wildman–Crippen MR) is 139 cm³/mol. The van der Waals surface area contributed by atoms with Gasteiger partial charge in [-0.3, -0.25) is 9.59 Å². The average Bonchev–Trinajstić information content (AvgIpc) is 2.82. The van der Waals surface area contributed by atoms with E-state index >= 15 is 0 Å². The molecule has 0 fully saturated rings. The van der Waals surface area contributed by atoms with Gasteiger partial charge < -0.3 is 10.1 Å². The molecule has 0 bridgehead atoms. The quantitative estimate of drug-likeness (QED) is 0.106. The van der Waals surface area contributed by atoms with Crippen molar-refractivity contribution in [2.75, 3.05) is 6.54 Å². The zero-order valence-electron chi connectivity index (χ0n) is 19.8. The lowest BCUT2D eigenvalue weighted by Gasteiger charge is -2.07. The summed E-state index contributed by atoms with van der Waals surface area (Å²) in [5, 5.41) is 7.08. The number of rotatable bonds is 14. The van der Waals surface area contributed by atoms with Gasteiger partial charge in [-0.2, -0.15) is 5.10 Å². The van der Waals surface area contributed by atoms with Crippen LogP contribution < -0.4 is 15.5 Å². The molecule has 2 amide bonds.